The molecule has 1 N–H and O–H groups in total. The molecule has 1 aliphatic carbocycles. The molecule has 2 aliphatic rings. The van der Waals surface area contributed by atoms with Gasteiger partial charge in [0.2, 0.25) is 5.91 Å². The van der Waals surface area contributed by atoms with Crippen LogP contribution in [0.25, 0.3) is 11.3 Å². The van der Waals surface area contributed by atoms with Crippen LogP contribution >= 0.6 is 0 Å². The Morgan fingerprint density at radius 2 is 1.74 bits per heavy atom. The fourth-order valence-corrected chi connectivity index (χ4v) is 4.10. The highest BCUT2D eigenvalue weighted by Gasteiger charge is 2.33. The largest absolute Gasteiger partial charge is 0.342 e. The molecular weight excluding hydrogens is 402 g/mol. The number of nitrogens with zero attached hydrogens (tertiary/aromatic N) is 3. The van der Waals surface area contributed by atoms with Crippen molar-refractivity contribution >= 4 is 17.6 Å². The number of urea groups is 1. The average Bonchev–Trinajstić information content (AvgIpc) is 2.72. The summed E-state index contributed by atoms with van der Waals surface area (Å²) in [6.07, 6.45) is 6.12. The van der Waals surface area contributed by atoms with Gasteiger partial charge in [-0.05, 0) is 49.9 Å². The molecule has 1 saturated carbocycles. The van der Waals surface area contributed by atoms with E-state index in [0.29, 0.717) is 30.0 Å². The summed E-state index contributed by atoms with van der Waals surface area (Å²) in [6, 6.07) is 6.29. The van der Waals surface area contributed by atoms with E-state index < -0.39 is 11.6 Å². The van der Waals surface area contributed by atoms with E-state index in [2.05, 4.69) is 10.3 Å². The van der Waals surface area contributed by atoms with Gasteiger partial charge in [-0.2, -0.15) is 0 Å². The minimum Gasteiger partial charge on any atom is -0.342 e. The number of benzene rings is 1. The van der Waals surface area contributed by atoms with Crippen molar-refractivity contribution in [2.24, 2.45) is 5.92 Å². The molecule has 0 bridgehead atoms. The zero-order valence-electron chi connectivity index (χ0n) is 17.5. The van der Waals surface area contributed by atoms with Crippen LogP contribution in [0.3, 0.4) is 0 Å². The quantitative estimate of drug-likeness (QED) is 0.791. The van der Waals surface area contributed by atoms with Crippen LogP contribution in [0.2, 0.25) is 0 Å². The topological polar surface area (TPSA) is 65.5 Å². The van der Waals surface area contributed by atoms with Gasteiger partial charge in [0, 0.05) is 43.7 Å². The van der Waals surface area contributed by atoms with Crippen molar-refractivity contribution in [2.75, 3.05) is 25.5 Å². The first kappa shape index (κ1) is 21.2. The monoisotopic (exact) mass is 428 g/mol. The fraction of sp³-hybridized carbons (Fsp3) is 0.435. The summed E-state index contributed by atoms with van der Waals surface area (Å²) in [4.78, 5) is 32.8. The highest BCUT2D eigenvalue weighted by atomic mass is 19.1. The third kappa shape index (κ3) is 4.84. The van der Waals surface area contributed by atoms with Gasteiger partial charge in [-0.1, -0.05) is 6.42 Å². The number of piperidine rings is 1. The SMILES string of the molecule is CN(C(=O)Nc1ccc(-c2cc(F)cc(F)c2)nc1)C1CCN(C(=O)C2CCC2)CC1. The number of hydrogen-bond donors (Lipinski definition) is 1. The molecule has 2 fully saturated rings. The maximum atomic E-state index is 13.4. The van der Waals surface area contributed by atoms with Gasteiger partial charge in [0.25, 0.3) is 0 Å². The molecule has 1 aliphatic heterocycles. The molecule has 1 aromatic carbocycles. The van der Waals surface area contributed by atoms with Crippen molar-refractivity contribution in [2.45, 2.75) is 38.1 Å². The van der Waals surface area contributed by atoms with Crippen molar-refractivity contribution in [1.29, 1.82) is 0 Å². The second-order valence-corrected chi connectivity index (χ2v) is 8.32. The van der Waals surface area contributed by atoms with E-state index in [4.69, 9.17) is 0 Å². The van der Waals surface area contributed by atoms with Crippen LogP contribution < -0.4 is 5.32 Å². The Morgan fingerprint density at radius 3 is 2.29 bits per heavy atom. The minimum absolute atomic E-state index is 0.0629. The summed E-state index contributed by atoms with van der Waals surface area (Å²) >= 11 is 0. The maximum Gasteiger partial charge on any atom is 0.321 e. The lowest BCUT2D eigenvalue weighted by atomic mass is 9.84. The van der Waals surface area contributed by atoms with Crippen LogP contribution in [0.15, 0.2) is 36.5 Å². The van der Waals surface area contributed by atoms with E-state index >= 15 is 0 Å². The van der Waals surface area contributed by atoms with E-state index in [0.717, 1.165) is 38.2 Å². The van der Waals surface area contributed by atoms with Gasteiger partial charge in [0.15, 0.2) is 0 Å². The van der Waals surface area contributed by atoms with Gasteiger partial charge in [-0.15, -0.1) is 0 Å². The number of likely N-dealkylation sites (tertiary alicyclic amines) is 1. The van der Waals surface area contributed by atoms with Crippen LogP contribution in [0.4, 0.5) is 19.3 Å². The smallest absolute Gasteiger partial charge is 0.321 e. The van der Waals surface area contributed by atoms with E-state index in [1.54, 1.807) is 24.1 Å². The third-order valence-corrected chi connectivity index (χ3v) is 6.27. The highest BCUT2D eigenvalue weighted by molar-refractivity contribution is 5.89. The molecule has 0 atom stereocenters. The van der Waals surface area contributed by atoms with Crippen molar-refractivity contribution in [3.05, 3.63) is 48.2 Å². The number of amides is 3. The molecule has 164 valence electrons. The number of aromatic nitrogens is 1. The van der Waals surface area contributed by atoms with Gasteiger partial charge < -0.3 is 15.1 Å². The molecule has 0 unspecified atom stereocenters. The number of carbonyl (C=O) groups is 2. The van der Waals surface area contributed by atoms with Gasteiger partial charge in [-0.25, -0.2) is 13.6 Å². The van der Waals surface area contributed by atoms with E-state index in [9.17, 15) is 18.4 Å². The van der Waals surface area contributed by atoms with E-state index in [-0.39, 0.29) is 23.9 Å². The first-order chi connectivity index (χ1) is 14.9. The van der Waals surface area contributed by atoms with Crippen molar-refractivity contribution in [3.63, 3.8) is 0 Å². The molecule has 1 aromatic heterocycles. The van der Waals surface area contributed by atoms with Gasteiger partial charge in [0.05, 0.1) is 17.6 Å². The number of rotatable bonds is 4. The predicted molar refractivity (Wildman–Crippen MR) is 113 cm³/mol. The van der Waals surface area contributed by atoms with Gasteiger partial charge in [0.1, 0.15) is 11.6 Å². The summed E-state index contributed by atoms with van der Waals surface area (Å²) in [5.41, 5.74) is 1.24. The summed E-state index contributed by atoms with van der Waals surface area (Å²) in [5.74, 6) is -0.870. The summed E-state index contributed by atoms with van der Waals surface area (Å²) in [5, 5.41) is 2.81. The van der Waals surface area contributed by atoms with E-state index in [1.807, 2.05) is 4.90 Å². The van der Waals surface area contributed by atoms with Crippen LogP contribution in [-0.2, 0) is 4.79 Å². The van der Waals surface area contributed by atoms with Crippen LogP contribution in [-0.4, -0.2) is 52.9 Å². The van der Waals surface area contributed by atoms with E-state index in [1.165, 1.54) is 18.3 Å². The average molecular weight is 428 g/mol. The zero-order valence-corrected chi connectivity index (χ0v) is 17.5. The molecule has 6 nitrogen and oxygen atoms in total. The maximum absolute atomic E-state index is 13.4. The molecule has 0 radical (unpaired) electrons. The summed E-state index contributed by atoms with van der Waals surface area (Å²) < 4.78 is 26.8. The minimum atomic E-state index is -0.670. The lowest BCUT2D eigenvalue weighted by Crippen LogP contribution is -2.50. The number of halogens is 2. The molecule has 2 heterocycles. The molecule has 1 saturated heterocycles. The first-order valence-corrected chi connectivity index (χ1v) is 10.7. The Kier molecular flexibility index (Phi) is 6.15. The fourth-order valence-electron chi connectivity index (χ4n) is 4.10. The first-order valence-electron chi connectivity index (χ1n) is 10.7. The normalized spacial score (nSPS) is 17.2. The standard InChI is InChI=1S/C23H26F2N4O2/c1-28(20-7-9-29(10-8-20)22(30)15-3-2-4-15)23(31)27-19-5-6-21(26-14-19)16-11-17(24)13-18(25)12-16/h5-6,11-15,20H,2-4,7-10H2,1H3,(H,27,31). The molecule has 8 heteroatoms. The predicted octanol–water partition coefficient (Wildman–Crippen LogP) is 4.28. The molecule has 31 heavy (non-hydrogen) atoms. The lowest BCUT2D eigenvalue weighted by Gasteiger charge is -2.39. The third-order valence-electron chi connectivity index (χ3n) is 6.27. The summed E-state index contributed by atoms with van der Waals surface area (Å²) in [7, 11) is 1.75. The Balaban J connectivity index is 1.31. The van der Waals surface area contributed by atoms with Gasteiger partial charge in [-0.3, -0.25) is 9.78 Å². The lowest BCUT2D eigenvalue weighted by molar-refractivity contribution is -0.139. The Bertz CT molecular complexity index is 934. The van der Waals surface area contributed by atoms with Crippen molar-refractivity contribution < 1.29 is 18.4 Å². The number of hydrogen-bond acceptors (Lipinski definition) is 3. The summed E-state index contributed by atoms with van der Waals surface area (Å²) in [6.45, 7) is 1.36. The van der Waals surface area contributed by atoms with Crippen LogP contribution in [0, 0.1) is 17.6 Å². The van der Waals surface area contributed by atoms with Gasteiger partial charge >= 0.3 is 6.03 Å². The van der Waals surface area contributed by atoms with Crippen LogP contribution in [0.5, 0.6) is 0 Å². The molecule has 3 amide bonds. The van der Waals surface area contributed by atoms with Crippen LogP contribution in [0.1, 0.15) is 32.1 Å². The Labute approximate surface area is 180 Å². The van der Waals surface area contributed by atoms with Crippen molar-refractivity contribution in [1.82, 2.24) is 14.8 Å². The van der Waals surface area contributed by atoms with Crippen molar-refractivity contribution in [3.8, 4) is 11.3 Å². The Hall–Kier alpha value is -3.03. The second kappa shape index (κ2) is 8.99. The number of anilines is 1. The zero-order chi connectivity index (χ0) is 22.0. The number of carbonyl (C=O) groups excluding carboxylic acids is 2. The number of pyridine rings is 1. The molecule has 4 rings (SSSR count). The second-order valence-electron chi connectivity index (χ2n) is 8.32. The highest BCUT2D eigenvalue weighted by Crippen LogP contribution is 2.30. The molecule has 2 aromatic rings. The number of nitrogens with one attached hydrogen (secondary N) is 1. The Morgan fingerprint density at radius 1 is 1.06 bits per heavy atom. The molecular formula is C23H26F2N4O2. The molecule has 0 spiro atoms.